The molecule has 0 bridgehead atoms. The number of aryl methyl sites for hydroxylation is 1. The summed E-state index contributed by atoms with van der Waals surface area (Å²) in [5.41, 5.74) is 3.34. The molecular formula is C16H16O3. The Morgan fingerprint density at radius 1 is 1.00 bits per heavy atom. The maximum absolute atomic E-state index is 11.9. The lowest BCUT2D eigenvalue weighted by Gasteiger charge is -2.11. The number of esters is 1. The van der Waals surface area contributed by atoms with Crippen LogP contribution in [0.2, 0.25) is 0 Å². The monoisotopic (exact) mass is 256 g/mol. The van der Waals surface area contributed by atoms with Gasteiger partial charge in [-0.05, 0) is 35.7 Å². The number of benzene rings is 2. The van der Waals surface area contributed by atoms with Crippen LogP contribution < -0.4 is 4.74 Å². The fraction of sp³-hybridized carbons (Fsp3) is 0.188. The SMILES string of the molecule is COC(=O)c1c(C)cccc1-c1ccc(OC)cc1. The van der Waals surface area contributed by atoms with E-state index in [1.807, 2.05) is 49.4 Å². The highest BCUT2D eigenvalue weighted by Crippen LogP contribution is 2.28. The predicted molar refractivity (Wildman–Crippen MR) is 74.5 cm³/mol. The zero-order chi connectivity index (χ0) is 13.8. The van der Waals surface area contributed by atoms with Gasteiger partial charge < -0.3 is 9.47 Å². The summed E-state index contributed by atoms with van der Waals surface area (Å²) in [7, 11) is 3.02. The van der Waals surface area contributed by atoms with Crippen LogP contribution >= 0.6 is 0 Å². The molecule has 2 rings (SSSR count). The molecule has 19 heavy (non-hydrogen) atoms. The first kappa shape index (κ1) is 13.1. The molecule has 2 aromatic carbocycles. The minimum atomic E-state index is -0.316. The second-order valence-electron chi connectivity index (χ2n) is 4.22. The van der Waals surface area contributed by atoms with Gasteiger partial charge in [0.15, 0.2) is 0 Å². The number of methoxy groups -OCH3 is 2. The van der Waals surface area contributed by atoms with E-state index in [4.69, 9.17) is 9.47 Å². The second kappa shape index (κ2) is 5.57. The van der Waals surface area contributed by atoms with E-state index in [1.165, 1.54) is 7.11 Å². The molecule has 0 aromatic heterocycles. The molecule has 0 aliphatic carbocycles. The minimum absolute atomic E-state index is 0.316. The normalized spacial score (nSPS) is 10.1. The van der Waals surface area contributed by atoms with Gasteiger partial charge in [0.05, 0.1) is 19.8 Å². The summed E-state index contributed by atoms with van der Waals surface area (Å²) in [6, 6.07) is 13.4. The molecule has 0 aliphatic heterocycles. The first-order chi connectivity index (χ1) is 9.17. The Labute approximate surface area is 112 Å². The Balaban J connectivity index is 2.54. The van der Waals surface area contributed by atoms with Crippen molar-refractivity contribution in [1.82, 2.24) is 0 Å². The van der Waals surface area contributed by atoms with Crippen LogP contribution in [0.4, 0.5) is 0 Å². The average Bonchev–Trinajstić information content (AvgIpc) is 2.46. The average molecular weight is 256 g/mol. The van der Waals surface area contributed by atoms with Crippen LogP contribution in [0.25, 0.3) is 11.1 Å². The molecule has 0 unspecified atom stereocenters. The van der Waals surface area contributed by atoms with Crippen LogP contribution in [0.3, 0.4) is 0 Å². The first-order valence-corrected chi connectivity index (χ1v) is 5.99. The molecule has 0 amide bonds. The van der Waals surface area contributed by atoms with E-state index in [0.717, 1.165) is 22.4 Å². The van der Waals surface area contributed by atoms with Crippen molar-refractivity contribution in [3.05, 3.63) is 53.6 Å². The van der Waals surface area contributed by atoms with Crippen molar-refractivity contribution < 1.29 is 14.3 Å². The molecule has 0 saturated carbocycles. The third-order valence-corrected chi connectivity index (χ3v) is 3.06. The number of hydrogen-bond donors (Lipinski definition) is 0. The number of carbonyl (C=O) groups is 1. The van der Waals surface area contributed by atoms with E-state index in [0.29, 0.717) is 5.56 Å². The van der Waals surface area contributed by atoms with Gasteiger partial charge in [0.1, 0.15) is 5.75 Å². The van der Waals surface area contributed by atoms with Crippen molar-refractivity contribution in [2.24, 2.45) is 0 Å². The van der Waals surface area contributed by atoms with Crippen LogP contribution in [0.5, 0.6) is 5.75 Å². The van der Waals surface area contributed by atoms with Crippen LogP contribution in [0.1, 0.15) is 15.9 Å². The predicted octanol–water partition coefficient (Wildman–Crippen LogP) is 3.46. The standard InChI is InChI=1S/C16H16O3/c1-11-5-4-6-14(15(11)16(17)19-3)12-7-9-13(18-2)10-8-12/h4-10H,1-3H3. The zero-order valence-electron chi connectivity index (χ0n) is 11.3. The fourth-order valence-electron chi connectivity index (χ4n) is 2.05. The molecule has 98 valence electrons. The zero-order valence-corrected chi connectivity index (χ0v) is 11.3. The highest BCUT2D eigenvalue weighted by atomic mass is 16.5. The van der Waals surface area contributed by atoms with E-state index in [9.17, 15) is 4.79 Å². The van der Waals surface area contributed by atoms with E-state index >= 15 is 0 Å². The molecule has 2 aromatic rings. The summed E-state index contributed by atoms with van der Waals surface area (Å²) in [4.78, 5) is 11.9. The van der Waals surface area contributed by atoms with Crippen molar-refractivity contribution in [3.63, 3.8) is 0 Å². The van der Waals surface area contributed by atoms with Gasteiger partial charge in [0.25, 0.3) is 0 Å². The molecule has 3 nitrogen and oxygen atoms in total. The van der Waals surface area contributed by atoms with Gasteiger partial charge in [-0.3, -0.25) is 0 Å². The number of ether oxygens (including phenoxy) is 2. The van der Waals surface area contributed by atoms with Crippen molar-refractivity contribution in [2.75, 3.05) is 14.2 Å². The third kappa shape index (κ3) is 2.60. The lowest BCUT2D eigenvalue weighted by molar-refractivity contribution is 0.0601. The van der Waals surface area contributed by atoms with Crippen LogP contribution in [0.15, 0.2) is 42.5 Å². The summed E-state index contributed by atoms with van der Waals surface area (Å²) in [6.07, 6.45) is 0. The Hall–Kier alpha value is -2.29. The smallest absolute Gasteiger partial charge is 0.338 e. The van der Waals surface area contributed by atoms with Gasteiger partial charge in [0.2, 0.25) is 0 Å². The van der Waals surface area contributed by atoms with Gasteiger partial charge in [-0.15, -0.1) is 0 Å². The third-order valence-electron chi connectivity index (χ3n) is 3.06. The second-order valence-corrected chi connectivity index (χ2v) is 4.22. The van der Waals surface area contributed by atoms with E-state index in [1.54, 1.807) is 7.11 Å². The molecular weight excluding hydrogens is 240 g/mol. The summed E-state index contributed by atoms with van der Waals surface area (Å²) >= 11 is 0. The molecule has 0 heterocycles. The van der Waals surface area contributed by atoms with Crippen LogP contribution in [-0.4, -0.2) is 20.2 Å². The van der Waals surface area contributed by atoms with Crippen molar-refractivity contribution in [3.8, 4) is 16.9 Å². The quantitative estimate of drug-likeness (QED) is 0.789. The maximum atomic E-state index is 11.9. The molecule has 3 heteroatoms. The molecule has 0 aliphatic rings. The Kier molecular flexibility index (Phi) is 3.85. The molecule has 0 saturated heterocycles. The number of rotatable bonds is 3. The summed E-state index contributed by atoms with van der Waals surface area (Å²) < 4.78 is 10.00. The Morgan fingerprint density at radius 3 is 2.26 bits per heavy atom. The highest BCUT2D eigenvalue weighted by molar-refractivity contribution is 5.98. The molecule has 0 fully saturated rings. The van der Waals surface area contributed by atoms with Crippen molar-refractivity contribution >= 4 is 5.97 Å². The van der Waals surface area contributed by atoms with Crippen molar-refractivity contribution in [1.29, 1.82) is 0 Å². The summed E-state index contributed by atoms with van der Waals surface area (Å²) in [5.74, 6) is 0.472. The number of hydrogen-bond acceptors (Lipinski definition) is 3. The van der Waals surface area contributed by atoms with Gasteiger partial charge in [0, 0.05) is 0 Å². The summed E-state index contributed by atoms with van der Waals surface area (Å²) in [6.45, 7) is 1.90. The molecule has 0 atom stereocenters. The van der Waals surface area contributed by atoms with Crippen molar-refractivity contribution in [2.45, 2.75) is 6.92 Å². The minimum Gasteiger partial charge on any atom is -0.497 e. The van der Waals surface area contributed by atoms with E-state index < -0.39 is 0 Å². The van der Waals surface area contributed by atoms with E-state index in [-0.39, 0.29) is 5.97 Å². The highest BCUT2D eigenvalue weighted by Gasteiger charge is 2.15. The van der Waals surface area contributed by atoms with Gasteiger partial charge in [-0.2, -0.15) is 0 Å². The topological polar surface area (TPSA) is 35.5 Å². The lowest BCUT2D eigenvalue weighted by Crippen LogP contribution is -2.06. The number of carbonyl (C=O) groups excluding carboxylic acids is 1. The first-order valence-electron chi connectivity index (χ1n) is 5.99. The summed E-state index contributed by atoms with van der Waals surface area (Å²) in [5, 5.41) is 0. The largest absolute Gasteiger partial charge is 0.497 e. The van der Waals surface area contributed by atoms with Gasteiger partial charge in [-0.25, -0.2) is 4.79 Å². The molecule has 0 N–H and O–H groups in total. The van der Waals surface area contributed by atoms with E-state index in [2.05, 4.69) is 0 Å². The van der Waals surface area contributed by atoms with Crippen LogP contribution in [-0.2, 0) is 4.74 Å². The van der Waals surface area contributed by atoms with Crippen LogP contribution in [0, 0.1) is 6.92 Å². The lowest BCUT2D eigenvalue weighted by atomic mass is 9.96. The maximum Gasteiger partial charge on any atom is 0.338 e. The Bertz CT molecular complexity index is 585. The van der Waals surface area contributed by atoms with Gasteiger partial charge in [-0.1, -0.05) is 30.3 Å². The fourth-order valence-corrected chi connectivity index (χ4v) is 2.05. The Morgan fingerprint density at radius 2 is 1.68 bits per heavy atom. The molecule has 0 spiro atoms. The molecule has 0 radical (unpaired) electrons. The van der Waals surface area contributed by atoms with Gasteiger partial charge >= 0.3 is 5.97 Å².